The van der Waals surface area contributed by atoms with Gasteiger partial charge in [0.05, 0.1) is 33.8 Å². The Morgan fingerprint density at radius 3 is 1.66 bits per heavy atom. The second-order valence-corrected chi connectivity index (χ2v) is 17.4. The minimum Gasteiger partial charge on any atom is -0.507 e. The molecule has 0 bridgehead atoms. The number of nitrogens with zero attached hydrogens (tertiary/aromatic N) is 3. The van der Waals surface area contributed by atoms with Crippen LogP contribution in [-0.2, 0) is 10.8 Å². The zero-order valence-electron chi connectivity index (χ0n) is 34.0. The van der Waals surface area contributed by atoms with Gasteiger partial charge in [0, 0.05) is 38.7 Å². The fourth-order valence-electron chi connectivity index (χ4n) is 7.91. The number of phenolic OH excluding ortho intramolecular Hbond substituents is 1. The van der Waals surface area contributed by atoms with Crippen molar-refractivity contribution in [1.82, 2.24) is 14.5 Å². The number of para-hydroxylation sites is 3. The molecule has 3 heterocycles. The van der Waals surface area contributed by atoms with E-state index in [1.54, 1.807) is 6.07 Å². The minimum absolute atomic E-state index is 0.0334. The maximum atomic E-state index is 11.0. The Hall–Kier alpha value is -6.78. The Kier molecular flexibility index (Phi) is 9.09. The van der Waals surface area contributed by atoms with E-state index in [4.69, 9.17) is 9.97 Å². The van der Waals surface area contributed by atoms with Crippen LogP contribution in [0.2, 0.25) is 0 Å². The highest BCUT2D eigenvalue weighted by molar-refractivity contribution is 6.10. The Morgan fingerprint density at radius 2 is 0.948 bits per heavy atom. The number of rotatable bonds is 6. The van der Waals surface area contributed by atoms with Gasteiger partial charge in [-0.2, -0.15) is 0 Å². The summed E-state index contributed by atoms with van der Waals surface area (Å²) >= 11 is 0. The van der Waals surface area contributed by atoms with Crippen molar-refractivity contribution >= 4 is 21.8 Å². The lowest BCUT2D eigenvalue weighted by Gasteiger charge is -2.26. The molecule has 1 N–H and O–H groups in total. The standard InChI is InChI=1S/C54H47N3O/c1-53(2,3)40-29-38(30-41(34-40)54(4,5)6)39-31-48(56-49(32-39)45-21-11-13-25-52(45)58)36-17-14-16-35(28-36)46-22-15-23-47(55-46)37-26-27-44-43-20-10-12-24-50(43)57(51(44)33-37)42-18-8-7-9-19-42/h7-34,58H,1-6H3. The summed E-state index contributed by atoms with van der Waals surface area (Å²) in [6.07, 6.45) is 0. The fraction of sp³-hybridized carbons (Fsp3) is 0.148. The molecular formula is C54H47N3O. The van der Waals surface area contributed by atoms with Gasteiger partial charge in [0.2, 0.25) is 0 Å². The molecule has 4 nitrogen and oxygen atoms in total. The van der Waals surface area contributed by atoms with Crippen LogP contribution in [0.1, 0.15) is 52.7 Å². The van der Waals surface area contributed by atoms with E-state index in [-0.39, 0.29) is 16.6 Å². The summed E-state index contributed by atoms with van der Waals surface area (Å²) in [4.78, 5) is 10.5. The van der Waals surface area contributed by atoms with Crippen molar-refractivity contribution in [3.05, 3.63) is 181 Å². The van der Waals surface area contributed by atoms with Gasteiger partial charge in [0.1, 0.15) is 5.75 Å². The summed E-state index contributed by atoms with van der Waals surface area (Å²) in [5.41, 5.74) is 15.2. The van der Waals surface area contributed by atoms with Gasteiger partial charge in [0.25, 0.3) is 0 Å². The summed E-state index contributed by atoms with van der Waals surface area (Å²) in [5.74, 6) is 0.203. The van der Waals surface area contributed by atoms with E-state index in [9.17, 15) is 5.11 Å². The van der Waals surface area contributed by atoms with Crippen LogP contribution in [0.4, 0.5) is 0 Å². The molecule has 0 fully saturated rings. The highest BCUT2D eigenvalue weighted by atomic mass is 16.3. The van der Waals surface area contributed by atoms with Crippen LogP contribution in [0.5, 0.6) is 5.75 Å². The first kappa shape index (κ1) is 36.8. The Labute approximate surface area is 341 Å². The second kappa shape index (κ2) is 14.3. The summed E-state index contributed by atoms with van der Waals surface area (Å²) in [6, 6.07) is 59.3. The van der Waals surface area contributed by atoms with Crippen molar-refractivity contribution in [3.63, 3.8) is 0 Å². The Balaban J connectivity index is 1.15. The number of benzene rings is 6. The van der Waals surface area contributed by atoms with Crippen LogP contribution in [0.25, 0.3) is 83.6 Å². The van der Waals surface area contributed by atoms with Gasteiger partial charge >= 0.3 is 0 Å². The molecule has 9 rings (SSSR count). The number of pyridine rings is 2. The molecular weight excluding hydrogens is 707 g/mol. The molecule has 58 heavy (non-hydrogen) atoms. The van der Waals surface area contributed by atoms with Crippen LogP contribution >= 0.6 is 0 Å². The average Bonchev–Trinajstić information content (AvgIpc) is 3.57. The summed E-state index contributed by atoms with van der Waals surface area (Å²) in [5, 5.41) is 13.5. The average molecular weight is 754 g/mol. The van der Waals surface area contributed by atoms with Crippen LogP contribution in [0, 0.1) is 0 Å². The van der Waals surface area contributed by atoms with Gasteiger partial charge in [0.15, 0.2) is 0 Å². The maximum absolute atomic E-state index is 11.0. The van der Waals surface area contributed by atoms with E-state index in [0.717, 1.165) is 61.8 Å². The van der Waals surface area contributed by atoms with Crippen molar-refractivity contribution in [2.45, 2.75) is 52.4 Å². The largest absolute Gasteiger partial charge is 0.507 e. The number of phenols is 1. The molecule has 0 saturated heterocycles. The van der Waals surface area contributed by atoms with E-state index in [1.165, 1.54) is 27.4 Å². The molecule has 6 aromatic carbocycles. The third-order valence-corrected chi connectivity index (χ3v) is 11.2. The summed E-state index contributed by atoms with van der Waals surface area (Å²) in [6.45, 7) is 13.6. The molecule has 0 aliphatic heterocycles. The smallest absolute Gasteiger partial charge is 0.124 e. The van der Waals surface area contributed by atoms with Gasteiger partial charge in [-0.25, -0.2) is 9.97 Å². The van der Waals surface area contributed by atoms with E-state index in [2.05, 4.69) is 192 Å². The van der Waals surface area contributed by atoms with Crippen molar-refractivity contribution in [2.75, 3.05) is 0 Å². The second-order valence-electron chi connectivity index (χ2n) is 17.4. The number of hydrogen-bond donors (Lipinski definition) is 1. The highest BCUT2D eigenvalue weighted by Crippen LogP contribution is 2.39. The molecule has 9 aromatic rings. The molecule has 0 atom stereocenters. The quantitative estimate of drug-likeness (QED) is 0.184. The van der Waals surface area contributed by atoms with Crippen LogP contribution in [-0.4, -0.2) is 19.6 Å². The van der Waals surface area contributed by atoms with Gasteiger partial charge in [-0.15, -0.1) is 0 Å². The first-order chi connectivity index (χ1) is 27.9. The highest BCUT2D eigenvalue weighted by Gasteiger charge is 2.22. The molecule has 0 aliphatic carbocycles. The molecule has 0 unspecified atom stereocenters. The first-order valence-corrected chi connectivity index (χ1v) is 20.0. The lowest BCUT2D eigenvalue weighted by molar-refractivity contribution is 0.477. The van der Waals surface area contributed by atoms with Gasteiger partial charge < -0.3 is 9.67 Å². The topological polar surface area (TPSA) is 50.9 Å². The predicted molar refractivity (Wildman–Crippen MR) is 243 cm³/mol. The molecule has 284 valence electrons. The number of hydrogen-bond acceptors (Lipinski definition) is 3. The third-order valence-electron chi connectivity index (χ3n) is 11.2. The molecule has 0 saturated carbocycles. The molecule has 0 spiro atoms. The summed E-state index contributed by atoms with van der Waals surface area (Å²) in [7, 11) is 0. The van der Waals surface area contributed by atoms with Crippen molar-refractivity contribution in [2.24, 2.45) is 0 Å². The van der Waals surface area contributed by atoms with Gasteiger partial charge in [-0.1, -0.05) is 145 Å². The van der Waals surface area contributed by atoms with Crippen molar-refractivity contribution in [1.29, 1.82) is 0 Å². The SMILES string of the molecule is CC(C)(C)c1cc(-c2cc(-c3cccc(-c4cccc(-c5ccc6c7ccccc7n(-c7ccccc7)c6c5)n4)c3)nc(-c3ccccc3O)c2)cc(C(C)(C)C)c1. The predicted octanol–water partition coefficient (Wildman–Crippen LogP) is 14.2. The van der Waals surface area contributed by atoms with Gasteiger partial charge in [-0.3, -0.25) is 0 Å². The number of aromatic hydroxyl groups is 1. The zero-order valence-corrected chi connectivity index (χ0v) is 34.0. The van der Waals surface area contributed by atoms with E-state index in [1.807, 2.05) is 18.2 Å². The van der Waals surface area contributed by atoms with Crippen LogP contribution in [0.15, 0.2) is 170 Å². The molecule has 0 aliphatic rings. The molecule has 3 aromatic heterocycles. The third kappa shape index (κ3) is 6.96. The lowest BCUT2D eigenvalue weighted by Crippen LogP contribution is -2.16. The Morgan fingerprint density at radius 1 is 0.397 bits per heavy atom. The van der Waals surface area contributed by atoms with Crippen molar-refractivity contribution in [3.8, 4) is 67.6 Å². The van der Waals surface area contributed by atoms with E-state index >= 15 is 0 Å². The Bertz CT molecular complexity index is 2950. The maximum Gasteiger partial charge on any atom is 0.124 e. The fourth-order valence-corrected chi connectivity index (χ4v) is 7.91. The first-order valence-electron chi connectivity index (χ1n) is 20.0. The lowest BCUT2D eigenvalue weighted by atomic mass is 9.79. The molecule has 4 heteroatoms. The zero-order chi connectivity index (χ0) is 40.2. The van der Waals surface area contributed by atoms with Crippen molar-refractivity contribution < 1.29 is 5.11 Å². The van der Waals surface area contributed by atoms with E-state index in [0.29, 0.717) is 5.56 Å². The number of aromatic nitrogens is 3. The van der Waals surface area contributed by atoms with E-state index < -0.39 is 0 Å². The number of fused-ring (bicyclic) bond motifs is 3. The molecule has 0 radical (unpaired) electrons. The van der Waals surface area contributed by atoms with Gasteiger partial charge in [-0.05, 0) is 99.8 Å². The minimum atomic E-state index is -0.0334. The summed E-state index contributed by atoms with van der Waals surface area (Å²) < 4.78 is 2.34. The monoisotopic (exact) mass is 753 g/mol. The van der Waals surface area contributed by atoms with Crippen LogP contribution in [0.3, 0.4) is 0 Å². The van der Waals surface area contributed by atoms with Crippen LogP contribution < -0.4 is 0 Å². The molecule has 0 amide bonds. The normalized spacial score (nSPS) is 12.0.